The van der Waals surface area contributed by atoms with Gasteiger partial charge in [-0.05, 0) is 87.4 Å². The number of allylic oxidation sites excluding steroid dienone is 5. The fraction of sp³-hybridized carbons (Fsp3) is 0.419. The summed E-state index contributed by atoms with van der Waals surface area (Å²) < 4.78 is 25.4. The molecule has 2 heterocycles. The Morgan fingerprint density at radius 3 is 2.42 bits per heavy atom. The zero-order chi connectivity index (χ0) is 35.1. The van der Waals surface area contributed by atoms with Gasteiger partial charge in [0, 0.05) is 47.4 Å². The fourth-order valence-corrected chi connectivity index (χ4v) is 6.11. The first-order valence-electron chi connectivity index (χ1n) is 17.7. The Kier molecular flexibility index (Phi) is 15.3. The van der Waals surface area contributed by atoms with E-state index in [1.54, 1.807) is 18.2 Å². The summed E-state index contributed by atoms with van der Waals surface area (Å²) in [6.45, 7) is 18.6. The number of alkyl halides is 2. The molecule has 0 unspecified atom stereocenters. The Balaban J connectivity index is 0.000000437. The van der Waals surface area contributed by atoms with Crippen LogP contribution < -0.4 is 0 Å². The molecule has 1 saturated heterocycles. The summed E-state index contributed by atoms with van der Waals surface area (Å²) >= 11 is 0. The molecule has 1 N–H and O–H groups in total. The zero-order valence-electron chi connectivity index (χ0n) is 29.9. The average molecular weight is 655 g/mol. The Morgan fingerprint density at radius 1 is 1.02 bits per heavy atom. The Hall–Kier alpha value is -3.99. The molecule has 4 rings (SSSR count). The molecule has 1 aliphatic heterocycles. The monoisotopic (exact) mass is 654 g/mol. The van der Waals surface area contributed by atoms with Gasteiger partial charge in [0.2, 0.25) is 0 Å². The van der Waals surface area contributed by atoms with Crippen molar-refractivity contribution in [1.82, 2.24) is 9.88 Å². The molecule has 0 spiro atoms. The molecule has 2 aromatic carbocycles. The second-order valence-corrected chi connectivity index (χ2v) is 13.1. The highest BCUT2D eigenvalue weighted by Crippen LogP contribution is 2.34. The number of aliphatic hydroxyl groups is 1. The van der Waals surface area contributed by atoms with Gasteiger partial charge >= 0.3 is 0 Å². The minimum atomic E-state index is -2.72. The number of aromatic nitrogens is 1. The van der Waals surface area contributed by atoms with E-state index in [-0.39, 0.29) is 11.3 Å². The summed E-state index contributed by atoms with van der Waals surface area (Å²) in [5.41, 5.74) is 7.74. The summed E-state index contributed by atoms with van der Waals surface area (Å²) in [5, 5.41) is 10.7. The first-order chi connectivity index (χ1) is 23.0. The van der Waals surface area contributed by atoms with Crippen molar-refractivity contribution in [2.24, 2.45) is 0 Å². The van der Waals surface area contributed by atoms with Crippen LogP contribution in [0.3, 0.4) is 0 Å². The number of aryl methyl sites for hydroxylation is 2. The summed E-state index contributed by atoms with van der Waals surface area (Å²) in [4.78, 5) is 7.40. The first-order valence-corrected chi connectivity index (χ1v) is 17.7. The van der Waals surface area contributed by atoms with Crippen molar-refractivity contribution in [3.63, 3.8) is 0 Å². The van der Waals surface area contributed by atoms with Crippen LogP contribution in [-0.2, 0) is 12.3 Å². The third kappa shape index (κ3) is 11.9. The molecule has 0 bridgehead atoms. The SMILES string of the molecule is C=C\C(O)=C/C=C(C)/C=C/c1ccc2nc(C)cc(C(=C)N3CCCC[C@H]3CCCCCCC)c2c1.CCc1ccc(C(C)(F)F)cc1. The molecule has 48 heavy (non-hydrogen) atoms. The molecule has 1 aromatic heterocycles. The predicted molar refractivity (Wildman–Crippen MR) is 202 cm³/mol. The molecule has 0 aliphatic carbocycles. The highest BCUT2D eigenvalue weighted by Gasteiger charge is 2.25. The number of pyridine rings is 1. The lowest BCUT2D eigenvalue weighted by molar-refractivity contribution is 0.0174. The van der Waals surface area contributed by atoms with Gasteiger partial charge in [-0.15, -0.1) is 0 Å². The lowest BCUT2D eigenvalue weighted by Gasteiger charge is -2.39. The van der Waals surface area contributed by atoms with Crippen LogP contribution in [0.4, 0.5) is 8.78 Å². The van der Waals surface area contributed by atoms with Gasteiger partial charge in [0.25, 0.3) is 5.92 Å². The highest BCUT2D eigenvalue weighted by molar-refractivity contribution is 5.92. The zero-order valence-corrected chi connectivity index (χ0v) is 29.9. The van der Waals surface area contributed by atoms with E-state index in [0.717, 1.165) is 58.9 Å². The van der Waals surface area contributed by atoms with E-state index in [9.17, 15) is 13.9 Å². The van der Waals surface area contributed by atoms with Crippen LogP contribution in [0, 0.1) is 6.92 Å². The third-order valence-electron chi connectivity index (χ3n) is 9.02. The van der Waals surface area contributed by atoms with Crippen LogP contribution in [0.1, 0.15) is 113 Å². The molecule has 1 atom stereocenters. The van der Waals surface area contributed by atoms with Crippen LogP contribution in [0.2, 0.25) is 0 Å². The van der Waals surface area contributed by atoms with Crippen molar-refractivity contribution < 1.29 is 13.9 Å². The Bertz CT molecular complexity index is 1580. The van der Waals surface area contributed by atoms with Crippen molar-refractivity contribution in [1.29, 1.82) is 0 Å². The number of likely N-dealkylation sites (tertiary alicyclic amines) is 1. The molecule has 0 radical (unpaired) electrons. The van der Waals surface area contributed by atoms with E-state index < -0.39 is 5.92 Å². The van der Waals surface area contributed by atoms with Gasteiger partial charge in [-0.3, -0.25) is 4.98 Å². The van der Waals surface area contributed by atoms with Gasteiger partial charge in [-0.1, -0.05) is 113 Å². The number of nitrogens with zero attached hydrogens (tertiary/aromatic N) is 2. The van der Waals surface area contributed by atoms with Crippen LogP contribution in [0.25, 0.3) is 22.7 Å². The summed E-state index contributed by atoms with van der Waals surface area (Å²) in [6.07, 6.45) is 21.8. The fourth-order valence-electron chi connectivity index (χ4n) is 6.11. The van der Waals surface area contributed by atoms with Crippen molar-refractivity contribution in [2.45, 2.75) is 111 Å². The number of hydrogen-bond acceptors (Lipinski definition) is 3. The van der Waals surface area contributed by atoms with Crippen molar-refractivity contribution in [3.8, 4) is 0 Å². The smallest absolute Gasteiger partial charge is 0.270 e. The number of benzene rings is 2. The van der Waals surface area contributed by atoms with Crippen LogP contribution in [-0.4, -0.2) is 27.6 Å². The lowest BCUT2D eigenvalue weighted by Crippen LogP contribution is -2.37. The van der Waals surface area contributed by atoms with Crippen molar-refractivity contribution in [2.75, 3.05) is 6.54 Å². The molecule has 5 heteroatoms. The molecular weight excluding hydrogens is 598 g/mol. The Morgan fingerprint density at radius 2 is 1.75 bits per heavy atom. The number of aliphatic hydroxyl groups excluding tert-OH is 1. The van der Waals surface area contributed by atoms with Gasteiger partial charge in [-0.25, -0.2) is 8.78 Å². The number of piperidine rings is 1. The van der Waals surface area contributed by atoms with Gasteiger partial charge in [0.1, 0.15) is 5.76 Å². The standard InChI is InChI=1S/C33H44N2O.C10H12F2/c1-6-8-9-10-11-14-29-15-12-13-22-35(29)27(5)31-23-26(4)34-33-21-19-28(24-32(31)33)18-16-25(3)17-20-30(36)7-2;1-3-8-4-6-9(7-5-8)10(2,11)12/h7,16-21,23-24,29,36H,2,5-6,8-15,22H2,1,3-4H3;4-7H,3H2,1-2H3/b18-16+,25-17+,30-20+;/t29-;/m1./s1. The quantitative estimate of drug-likeness (QED) is 0.107. The van der Waals surface area contributed by atoms with E-state index in [2.05, 4.69) is 68.3 Å². The second-order valence-electron chi connectivity index (χ2n) is 13.1. The average Bonchev–Trinajstić information content (AvgIpc) is 3.09. The lowest BCUT2D eigenvalue weighted by atomic mass is 9.93. The molecule has 0 amide bonds. The number of rotatable bonds is 14. The van der Waals surface area contributed by atoms with Gasteiger partial charge < -0.3 is 10.0 Å². The number of fused-ring (bicyclic) bond motifs is 1. The van der Waals surface area contributed by atoms with Crippen molar-refractivity contribution >= 4 is 22.7 Å². The van der Waals surface area contributed by atoms with Crippen LogP contribution >= 0.6 is 0 Å². The minimum absolute atomic E-state index is 0.0831. The van der Waals surface area contributed by atoms with Crippen molar-refractivity contribution in [3.05, 3.63) is 125 Å². The maximum absolute atomic E-state index is 12.7. The molecule has 3 nitrogen and oxygen atoms in total. The van der Waals surface area contributed by atoms with E-state index in [1.165, 1.54) is 81.6 Å². The number of unbranched alkanes of at least 4 members (excludes halogenated alkanes) is 4. The number of hydrogen-bond donors (Lipinski definition) is 1. The molecule has 258 valence electrons. The summed E-state index contributed by atoms with van der Waals surface area (Å²) in [7, 11) is 0. The van der Waals surface area contributed by atoms with Crippen LogP contribution in [0.5, 0.6) is 0 Å². The summed E-state index contributed by atoms with van der Waals surface area (Å²) in [6, 6.07) is 15.7. The topological polar surface area (TPSA) is 36.4 Å². The second kappa shape index (κ2) is 19.1. The van der Waals surface area contributed by atoms with Gasteiger partial charge in [-0.2, -0.15) is 0 Å². The van der Waals surface area contributed by atoms with E-state index in [4.69, 9.17) is 4.98 Å². The van der Waals surface area contributed by atoms with Crippen LogP contribution in [0.15, 0.2) is 97.3 Å². The summed E-state index contributed by atoms with van der Waals surface area (Å²) in [5.74, 6) is -2.55. The first kappa shape index (κ1) is 38.5. The molecule has 1 aliphatic rings. The van der Waals surface area contributed by atoms with E-state index >= 15 is 0 Å². The minimum Gasteiger partial charge on any atom is -0.508 e. The Labute approximate surface area is 288 Å². The maximum atomic E-state index is 12.7. The van der Waals surface area contributed by atoms with Gasteiger partial charge in [0.05, 0.1) is 5.52 Å². The largest absolute Gasteiger partial charge is 0.508 e. The van der Waals surface area contributed by atoms with Gasteiger partial charge in [0.15, 0.2) is 0 Å². The molecule has 3 aromatic rings. The highest BCUT2D eigenvalue weighted by atomic mass is 19.3. The molecular formula is C43H56F2N2O. The third-order valence-corrected chi connectivity index (χ3v) is 9.02. The maximum Gasteiger partial charge on any atom is 0.270 e. The molecule has 1 fully saturated rings. The van der Waals surface area contributed by atoms with E-state index in [1.807, 2.05) is 19.9 Å². The molecule has 0 saturated carbocycles. The predicted octanol–water partition coefficient (Wildman–Crippen LogP) is 12.7. The normalized spacial score (nSPS) is 15.8. The van der Waals surface area contributed by atoms with E-state index in [0.29, 0.717) is 6.04 Å². The number of halogens is 2.